The lowest BCUT2D eigenvalue weighted by Crippen LogP contribution is -2.29. The smallest absolute Gasteiger partial charge is 0.0472 e. The summed E-state index contributed by atoms with van der Waals surface area (Å²) in [5, 5.41) is 5.67. The summed E-state index contributed by atoms with van der Waals surface area (Å²) in [7, 11) is 0. The second-order valence-electron chi connectivity index (χ2n) is 4.87. The molecule has 1 atom stereocenters. The Morgan fingerprint density at radius 2 is 2.28 bits per heavy atom. The highest BCUT2D eigenvalue weighted by molar-refractivity contribution is 6.31. The van der Waals surface area contributed by atoms with E-state index >= 15 is 0 Å². The summed E-state index contributed by atoms with van der Waals surface area (Å²) in [5.41, 5.74) is 2.43. The van der Waals surface area contributed by atoms with E-state index in [1.165, 1.54) is 23.8 Å². The molecule has 1 unspecified atom stereocenters. The topological polar surface area (TPSA) is 27.8 Å². The summed E-state index contributed by atoms with van der Waals surface area (Å²) in [5.74, 6) is 0. The van der Waals surface area contributed by atoms with Gasteiger partial charge in [-0.25, -0.2) is 0 Å². The first-order valence-electron chi connectivity index (χ1n) is 6.47. The number of benzene rings is 1. The minimum Gasteiger partial charge on any atom is -0.361 e. The van der Waals surface area contributed by atoms with Gasteiger partial charge in [0.15, 0.2) is 0 Å². The first-order chi connectivity index (χ1) is 8.83. The van der Waals surface area contributed by atoms with Crippen LogP contribution in [0.5, 0.6) is 0 Å². The normalized spacial score (nSPS) is 19.5. The molecule has 0 spiro atoms. The number of H-pyrrole nitrogens is 1. The van der Waals surface area contributed by atoms with E-state index in [4.69, 9.17) is 11.6 Å². The number of aromatic nitrogens is 1. The molecule has 3 heteroatoms. The monoisotopic (exact) mass is 260 g/mol. The molecule has 0 fully saturated rings. The van der Waals surface area contributed by atoms with E-state index < -0.39 is 0 Å². The van der Waals surface area contributed by atoms with Crippen molar-refractivity contribution in [3.63, 3.8) is 0 Å². The molecule has 1 aromatic carbocycles. The molecule has 0 saturated heterocycles. The van der Waals surface area contributed by atoms with Crippen LogP contribution >= 0.6 is 11.6 Å². The van der Waals surface area contributed by atoms with E-state index in [-0.39, 0.29) is 0 Å². The molecule has 3 rings (SSSR count). The number of halogens is 1. The van der Waals surface area contributed by atoms with Crippen molar-refractivity contribution in [3.8, 4) is 0 Å². The Balaban J connectivity index is 1.72. The molecule has 0 bridgehead atoms. The summed E-state index contributed by atoms with van der Waals surface area (Å²) in [6, 6.07) is 6.63. The number of fused-ring (bicyclic) bond motifs is 1. The lowest BCUT2D eigenvalue weighted by molar-refractivity contribution is 0.475. The van der Waals surface area contributed by atoms with Crippen LogP contribution < -0.4 is 5.32 Å². The van der Waals surface area contributed by atoms with Crippen LogP contribution in [0.2, 0.25) is 5.02 Å². The zero-order chi connectivity index (χ0) is 12.4. The molecule has 0 radical (unpaired) electrons. The summed E-state index contributed by atoms with van der Waals surface area (Å²) in [4.78, 5) is 3.28. The molecule has 1 aliphatic rings. The van der Waals surface area contributed by atoms with Crippen molar-refractivity contribution < 1.29 is 0 Å². The quantitative estimate of drug-likeness (QED) is 0.802. The second kappa shape index (κ2) is 5.17. The maximum absolute atomic E-state index is 5.98. The Labute approximate surface area is 112 Å². The highest BCUT2D eigenvalue weighted by Gasteiger charge is 2.10. The summed E-state index contributed by atoms with van der Waals surface area (Å²) < 4.78 is 0. The van der Waals surface area contributed by atoms with Gasteiger partial charge >= 0.3 is 0 Å². The Hall–Kier alpha value is -1.25. The molecule has 0 amide bonds. The predicted molar refractivity (Wildman–Crippen MR) is 76.9 cm³/mol. The van der Waals surface area contributed by atoms with Gasteiger partial charge < -0.3 is 10.3 Å². The molecular formula is C15H17ClN2. The SMILES string of the molecule is Clc1ccc2c(CNC3CC=CCC3)c[nH]c2c1. The number of nitrogens with one attached hydrogen (secondary N) is 2. The van der Waals surface area contributed by atoms with Crippen LogP contribution in [0.1, 0.15) is 24.8 Å². The van der Waals surface area contributed by atoms with Crippen LogP contribution in [0, 0.1) is 0 Å². The molecular weight excluding hydrogens is 244 g/mol. The van der Waals surface area contributed by atoms with Crippen molar-refractivity contribution in [2.24, 2.45) is 0 Å². The molecule has 1 aromatic heterocycles. The van der Waals surface area contributed by atoms with E-state index in [0.29, 0.717) is 6.04 Å². The van der Waals surface area contributed by atoms with E-state index in [1.807, 2.05) is 12.1 Å². The highest BCUT2D eigenvalue weighted by Crippen LogP contribution is 2.22. The fourth-order valence-corrected chi connectivity index (χ4v) is 2.71. The molecule has 2 aromatic rings. The van der Waals surface area contributed by atoms with Crippen LogP contribution in [0.25, 0.3) is 10.9 Å². The molecule has 0 aliphatic heterocycles. The van der Waals surface area contributed by atoms with Gasteiger partial charge in [-0.15, -0.1) is 0 Å². The van der Waals surface area contributed by atoms with Crippen LogP contribution in [0.3, 0.4) is 0 Å². The standard InChI is InChI=1S/C15H17ClN2/c16-12-6-7-14-11(10-18-15(14)8-12)9-17-13-4-2-1-3-5-13/h1-2,6-8,10,13,17-18H,3-5,9H2. The molecule has 2 N–H and O–H groups in total. The Kier molecular flexibility index (Phi) is 3.39. The van der Waals surface area contributed by atoms with E-state index in [2.05, 4.69) is 34.7 Å². The second-order valence-corrected chi connectivity index (χ2v) is 5.30. The Morgan fingerprint density at radius 3 is 3.11 bits per heavy atom. The van der Waals surface area contributed by atoms with Crippen molar-refractivity contribution in [1.82, 2.24) is 10.3 Å². The Bertz CT molecular complexity index is 571. The van der Waals surface area contributed by atoms with Crippen molar-refractivity contribution >= 4 is 22.5 Å². The fourth-order valence-electron chi connectivity index (χ4n) is 2.54. The van der Waals surface area contributed by atoms with Crippen LogP contribution in [-0.2, 0) is 6.54 Å². The number of rotatable bonds is 3. The molecule has 0 saturated carbocycles. The van der Waals surface area contributed by atoms with Crippen LogP contribution in [0.15, 0.2) is 36.5 Å². The van der Waals surface area contributed by atoms with Gasteiger partial charge in [0.05, 0.1) is 0 Å². The van der Waals surface area contributed by atoms with E-state index in [9.17, 15) is 0 Å². The van der Waals surface area contributed by atoms with Gasteiger partial charge in [-0.05, 0) is 37.0 Å². The maximum Gasteiger partial charge on any atom is 0.0472 e. The van der Waals surface area contributed by atoms with Gasteiger partial charge in [-0.3, -0.25) is 0 Å². The molecule has 1 heterocycles. The number of aromatic amines is 1. The first-order valence-corrected chi connectivity index (χ1v) is 6.84. The van der Waals surface area contributed by atoms with Crippen LogP contribution in [-0.4, -0.2) is 11.0 Å². The maximum atomic E-state index is 5.98. The molecule has 94 valence electrons. The summed E-state index contributed by atoms with van der Waals surface area (Å²) in [6.07, 6.45) is 10.2. The Morgan fingerprint density at radius 1 is 1.33 bits per heavy atom. The number of hydrogen-bond donors (Lipinski definition) is 2. The van der Waals surface area contributed by atoms with Gasteiger partial charge in [-0.2, -0.15) is 0 Å². The molecule has 18 heavy (non-hydrogen) atoms. The third-order valence-electron chi connectivity index (χ3n) is 3.58. The van der Waals surface area contributed by atoms with E-state index in [1.54, 1.807) is 0 Å². The zero-order valence-electron chi connectivity index (χ0n) is 10.2. The lowest BCUT2D eigenvalue weighted by Gasteiger charge is -2.19. The summed E-state index contributed by atoms with van der Waals surface area (Å²) >= 11 is 5.98. The number of allylic oxidation sites excluding steroid dienone is 1. The zero-order valence-corrected chi connectivity index (χ0v) is 11.0. The average Bonchev–Trinajstić information content (AvgIpc) is 2.80. The van der Waals surface area contributed by atoms with Crippen molar-refractivity contribution in [2.45, 2.75) is 31.8 Å². The van der Waals surface area contributed by atoms with E-state index in [0.717, 1.165) is 23.5 Å². The van der Waals surface area contributed by atoms with Crippen molar-refractivity contribution in [2.75, 3.05) is 0 Å². The highest BCUT2D eigenvalue weighted by atomic mass is 35.5. The van der Waals surface area contributed by atoms with Crippen molar-refractivity contribution in [3.05, 3.63) is 47.1 Å². The van der Waals surface area contributed by atoms with Gasteiger partial charge in [0.1, 0.15) is 0 Å². The number of hydrogen-bond acceptors (Lipinski definition) is 1. The first kappa shape index (κ1) is 11.8. The fraction of sp³-hybridized carbons (Fsp3) is 0.333. The van der Waals surface area contributed by atoms with Gasteiger partial charge in [0.25, 0.3) is 0 Å². The van der Waals surface area contributed by atoms with Gasteiger partial charge in [0, 0.05) is 34.7 Å². The lowest BCUT2D eigenvalue weighted by atomic mass is 10.0. The minimum absolute atomic E-state index is 0.618. The van der Waals surface area contributed by atoms with Crippen molar-refractivity contribution in [1.29, 1.82) is 0 Å². The minimum atomic E-state index is 0.618. The summed E-state index contributed by atoms with van der Waals surface area (Å²) in [6.45, 7) is 0.917. The molecule has 1 aliphatic carbocycles. The van der Waals surface area contributed by atoms with Gasteiger partial charge in [-0.1, -0.05) is 29.8 Å². The van der Waals surface area contributed by atoms with Gasteiger partial charge in [0.2, 0.25) is 0 Å². The third kappa shape index (κ3) is 2.45. The third-order valence-corrected chi connectivity index (χ3v) is 3.81. The largest absolute Gasteiger partial charge is 0.361 e. The molecule has 2 nitrogen and oxygen atoms in total. The van der Waals surface area contributed by atoms with Crippen LogP contribution in [0.4, 0.5) is 0 Å². The predicted octanol–water partition coefficient (Wildman–Crippen LogP) is 4.02. The average molecular weight is 261 g/mol.